The lowest BCUT2D eigenvalue weighted by Gasteiger charge is -2.23. The van der Waals surface area contributed by atoms with Crippen LogP contribution in [0.2, 0.25) is 0 Å². The Kier molecular flexibility index (Phi) is 3.42. The number of ether oxygens (including phenoxy) is 1. The molecule has 94 valence electrons. The van der Waals surface area contributed by atoms with Crippen LogP contribution in [0, 0.1) is 6.92 Å². The maximum atomic E-state index is 5.78. The molecular formula is C15H18N2O. The van der Waals surface area contributed by atoms with Crippen molar-refractivity contribution in [2.75, 3.05) is 24.8 Å². The van der Waals surface area contributed by atoms with Crippen molar-refractivity contribution in [2.24, 2.45) is 0 Å². The fourth-order valence-corrected chi connectivity index (χ4v) is 2.09. The first-order valence-corrected chi connectivity index (χ1v) is 5.86. The Labute approximate surface area is 108 Å². The van der Waals surface area contributed by atoms with Crippen LogP contribution in [0.5, 0.6) is 5.75 Å². The van der Waals surface area contributed by atoms with Gasteiger partial charge >= 0.3 is 0 Å². The summed E-state index contributed by atoms with van der Waals surface area (Å²) < 4.78 is 5.39. The molecule has 0 aliphatic heterocycles. The van der Waals surface area contributed by atoms with E-state index in [1.165, 1.54) is 0 Å². The highest BCUT2D eigenvalue weighted by atomic mass is 16.5. The van der Waals surface area contributed by atoms with E-state index >= 15 is 0 Å². The molecule has 0 saturated carbocycles. The summed E-state index contributed by atoms with van der Waals surface area (Å²) in [5.74, 6) is 0.858. The van der Waals surface area contributed by atoms with Gasteiger partial charge in [-0.05, 0) is 42.8 Å². The third kappa shape index (κ3) is 2.25. The van der Waals surface area contributed by atoms with Crippen LogP contribution in [0.15, 0.2) is 42.5 Å². The summed E-state index contributed by atoms with van der Waals surface area (Å²) in [6, 6.07) is 13.9. The molecule has 0 bridgehead atoms. The Hall–Kier alpha value is -2.16. The van der Waals surface area contributed by atoms with Crippen LogP contribution in [-0.2, 0) is 0 Å². The van der Waals surface area contributed by atoms with Gasteiger partial charge in [-0.15, -0.1) is 0 Å². The van der Waals surface area contributed by atoms with E-state index < -0.39 is 0 Å². The number of anilines is 3. The van der Waals surface area contributed by atoms with Crippen molar-refractivity contribution in [3.63, 3.8) is 0 Å². The first-order chi connectivity index (χ1) is 8.63. The van der Waals surface area contributed by atoms with Crippen LogP contribution in [0.4, 0.5) is 17.1 Å². The predicted molar refractivity (Wildman–Crippen MR) is 76.6 cm³/mol. The maximum Gasteiger partial charge on any atom is 0.142 e. The molecular weight excluding hydrogens is 224 g/mol. The number of nitrogens with zero attached hydrogens (tertiary/aromatic N) is 1. The normalized spacial score (nSPS) is 10.2. The maximum absolute atomic E-state index is 5.78. The van der Waals surface area contributed by atoms with Gasteiger partial charge in [-0.2, -0.15) is 0 Å². The lowest BCUT2D eigenvalue weighted by atomic mass is 10.1. The van der Waals surface area contributed by atoms with Gasteiger partial charge in [0.1, 0.15) is 5.75 Å². The molecule has 18 heavy (non-hydrogen) atoms. The topological polar surface area (TPSA) is 38.5 Å². The summed E-state index contributed by atoms with van der Waals surface area (Å²) >= 11 is 0. The molecule has 2 aromatic carbocycles. The third-order valence-corrected chi connectivity index (χ3v) is 3.03. The van der Waals surface area contributed by atoms with E-state index in [0.717, 1.165) is 28.4 Å². The molecule has 0 unspecified atom stereocenters. The standard InChI is InChI=1S/C15H18N2O/c1-11-10-12(16)8-9-13(11)17(2)14-6-4-5-7-15(14)18-3/h4-10H,16H2,1-3H3. The first-order valence-electron chi connectivity index (χ1n) is 5.86. The van der Waals surface area contributed by atoms with Crippen molar-refractivity contribution in [3.8, 4) is 5.75 Å². The van der Waals surface area contributed by atoms with Gasteiger partial charge < -0.3 is 15.4 Å². The van der Waals surface area contributed by atoms with Crippen LogP contribution >= 0.6 is 0 Å². The lowest BCUT2D eigenvalue weighted by Crippen LogP contribution is -2.12. The zero-order valence-electron chi connectivity index (χ0n) is 11.0. The van der Waals surface area contributed by atoms with Crippen molar-refractivity contribution in [1.82, 2.24) is 0 Å². The molecule has 2 rings (SSSR count). The van der Waals surface area contributed by atoms with E-state index in [0.29, 0.717) is 0 Å². The zero-order valence-corrected chi connectivity index (χ0v) is 11.0. The minimum Gasteiger partial charge on any atom is -0.495 e. The minimum atomic E-state index is 0.782. The van der Waals surface area contributed by atoms with Gasteiger partial charge in [-0.25, -0.2) is 0 Å². The number of hydrogen-bond acceptors (Lipinski definition) is 3. The van der Waals surface area contributed by atoms with E-state index in [4.69, 9.17) is 10.5 Å². The third-order valence-electron chi connectivity index (χ3n) is 3.03. The molecule has 0 saturated heterocycles. The fraction of sp³-hybridized carbons (Fsp3) is 0.200. The van der Waals surface area contributed by atoms with Crippen LogP contribution in [-0.4, -0.2) is 14.2 Å². The largest absolute Gasteiger partial charge is 0.495 e. The molecule has 0 aliphatic rings. The average Bonchev–Trinajstić information content (AvgIpc) is 2.38. The van der Waals surface area contributed by atoms with E-state index in [9.17, 15) is 0 Å². The van der Waals surface area contributed by atoms with E-state index in [-0.39, 0.29) is 0 Å². The minimum absolute atomic E-state index is 0.782. The van der Waals surface area contributed by atoms with Crippen molar-refractivity contribution in [1.29, 1.82) is 0 Å². The SMILES string of the molecule is COc1ccccc1N(C)c1ccc(N)cc1C. The Morgan fingerprint density at radius 2 is 1.78 bits per heavy atom. The van der Waals surface area contributed by atoms with Crippen LogP contribution in [0.1, 0.15) is 5.56 Å². The molecule has 0 fully saturated rings. The quantitative estimate of drug-likeness (QED) is 0.839. The monoisotopic (exact) mass is 242 g/mol. The number of rotatable bonds is 3. The molecule has 0 atom stereocenters. The predicted octanol–water partition coefficient (Wildman–Crippen LogP) is 3.35. The Bertz CT molecular complexity index is 552. The number of methoxy groups -OCH3 is 1. The van der Waals surface area contributed by atoms with Crippen molar-refractivity contribution >= 4 is 17.1 Å². The molecule has 0 spiro atoms. The highest BCUT2D eigenvalue weighted by Gasteiger charge is 2.11. The fourth-order valence-electron chi connectivity index (χ4n) is 2.09. The summed E-state index contributed by atoms with van der Waals surface area (Å²) in [5, 5.41) is 0. The molecule has 3 heteroatoms. The summed E-state index contributed by atoms with van der Waals surface area (Å²) in [4.78, 5) is 2.10. The molecule has 0 radical (unpaired) electrons. The highest BCUT2D eigenvalue weighted by molar-refractivity contribution is 5.72. The van der Waals surface area contributed by atoms with Gasteiger partial charge in [0.15, 0.2) is 0 Å². The molecule has 3 nitrogen and oxygen atoms in total. The molecule has 0 amide bonds. The highest BCUT2D eigenvalue weighted by Crippen LogP contribution is 2.34. The number of para-hydroxylation sites is 2. The van der Waals surface area contributed by atoms with Crippen molar-refractivity contribution < 1.29 is 4.74 Å². The van der Waals surface area contributed by atoms with Gasteiger partial charge in [0.2, 0.25) is 0 Å². The number of benzene rings is 2. The summed E-state index contributed by atoms with van der Waals surface area (Å²) in [6.45, 7) is 2.05. The summed E-state index contributed by atoms with van der Waals surface area (Å²) in [7, 11) is 3.71. The molecule has 2 N–H and O–H groups in total. The molecule has 2 aromatic rings. The zero-order chi connectivity index (χ0) is 13.1. The van der Waals surface area contributed by atoms with Crippen LogP contribution in [0.3, 0.4) is 0 Å². The van der Waals surface area contributed by atoms with Gasteiger partial charge in [0.05, 0.1) is 12.8 Å². The van der Waals surface area contributed by atoms with E-state index in [1.807, 2.05) is 49.5 Å². The van der Waals surface area contributed by atoms with Gasteiger partial charge in [-0.1, -0.05) is 12.1 Å². The Morgan fingerprint density at radius 1 is 1.06 bits per heavy atom. The molecule has 0 heterocycles. The van der Waals surface area contributed by atoms with Gasteiger partial charge in [0, 0.05) is 18.4 Å². The molecule has 0 aliphatic carbocycles. The van der Waals surface area contributed by atoms with E-state index in [1.54, 1.807) is 7.11 Å². The number of nitrogen functional groups attached to an aromatic ring is 1. The second-order valence-corrected chi connectivity index (χ2v) is 4.28. The number of aryl methyl sites for hydroxylation is 1. The van der Waals surface area contributed by atoms with Gasteiger partial charge in [0.25, 0.3) is 0 Å². The van der Waals surface area contributed by atoms with Crippen molar-refractivity contribution in [2.45, 2.75) is 6.92 Å². The second-order valence-electron chi connectivity index (χ2n) is 4.28. The smallest absolute Gasteiger partial charge is 0.142 e. The summed E-state index contributed by atoms with van der Waals surface area (Å²) in [5.41, 5.74) is 9.86. The van der Waals surface area contributed by atoms with E-state index in [2.05, 4.69) is 11.8 Å². The Morgan fingerprint density at radius 3 is 2.44 bits per heavy atom. The second kappa shape index (κ2) is 5.00. The summed E-state index contributed by atoms with van der Waals surface area (Å²) in [6.07, 6.45) is 0. The molecule has 0 aromatic heterocycles. The van der Waals surface area contributed by atoms with Crippen LogP contribution < -0.4 is 15.4 Å². The number of nitrogens with two attached hydrogens (primary N) is 1. The first kappa shape index (κ1) is 12.3. The Balaban J connectivity index is 2.44. The van der Waals surface area contributed by atoms with Gasteiger partial charge in [-0.3, -0.25) is 0 Å². The number of hydrogen-bond donors (Lipinski definition) is 1. The average molecular weight is 242 g/mol. The van der Waals surface area contributed by atoms with Crippen molar-refractivity contribution in [3.05, 3.63) is 48.0 Å². The lowest BCUT2D eigenvalue weighted by molar-refractivity contribution is 0.415. The van der Waals surface area contributed by atoms with Crippen LogP contribution in [0.25, 0.3) is 0 Å².